The predicted molar refractivity (Wildman–Crippen MR) is 101 cm³/mol. The zero-order chi connectivity index (χ0) is 19.7. The van der Waals surface area contributed by atoms with Crippen molar-refractivity contribution in [1.82, 2.24) is 9.78 Å². The molecular formula is C20H16ClFN4O. The topological polar surface area (TPSA) is 84.7 Å². The Hall–Kier alpha value is -3.17. The van der Waals surface area contributed by atoms with Crippen molar-refractivity contribution in [2.45, 2.75) is 20.4 Å². The minimum Gasteiger partial charge on any atom is -0.366 e. The number of aromatic nitrogens is 2. The van der Waals surface area contributed by atoms with E-state index in [-0.39, 0.29) is 10.6 Å². The molecule has 0 radical (unpaired) electrons. The van der Waals surface area contributed by atoms with Crippen molar-refractivity contribution in [3.05, 3.63) is 75.3 Å². The standard InChI is InChI=1S/C20H16ClFN4O/c1-11-19(16-8-17(21)15(9-23)7-18(16)22)12(2)26(25-11)10-13-3-5-14(6-4-13)20(24)27/h3-8H,10H2,1-2H3,(H2,24,27). The number of hydrogen-bond acceptors (Lipinski definition) is 3. The smallest absolute Gasteiger partial charge is 0.248 e. The monoisotopic (exact) mass is 382 g/mol. The summed E-state index contributed by atoms with van der Waals surface area (Å²) in [4.78, 5) is 11.2. The number of halogens is 2. The molecule has 7 heteroatoms. The molecule has 1 amide bonds. The molecule has 0 atom stereocenters. The number of amides is 1. The molecule has 27 heavy (non-hydrogen) atoms. The van der Waals surface area contributed by atoms with Crippen LogP contribution in [0.15, 0.2) is 36.4 Å². The van der Waals surface area contributed by atoms with Crippen LogP contribution in [0, 0.1) is 31.0 Å². The SMILES string of the molecule is Cc1nn(Cc2ccc(C(N)=O)cc2)c(C)c1-c1cc(Cl)c(C#N)cc1F. The number of aryl methyl sites for hydroxylation is 1. The van der Waals surface area contributed by atoms with Crippen LogP contribution in [0.2, 0.25) is 5.02 Å². The van der Waals surface area contributed by atoms with E-state index in [0.29, 0.717) is 28.9 Å². The first-order chi connectivity index (χ1) is 12.8. The van der Waals surface area contributed by atoms with Crippen molar-refractivity contribution in [3.63, 3.8) is 0 Å². The number of carbonyl (C=O) groups excluding carboxylic acids is 1. The van der Waals surface area contributed by atoms with E-state index in [9.17, 15) is 9.18 Å². The van der Waals surface area contributed by atoms with Crippen LogP contribution < -0.4 is 5.73 Å². The Morgan fingerprint density at radius 3 is 2.56 bits per heavy atom. The molecule has 0 aliphatic rings. The van der Waals surface area contributed by atoms with Gasteiger partial charge in [-0.2, -0.15) is 10.4 Å². The second kappa shape index (κ2) is 7.22. The Bertz CT molecular complexity index is 1080. The second-order valence-corrected chi connectivity index (χ2v) is 6.60. The molecule has 3 rings (SSSR count). The molecule has 0 spiro atoms. The van der Waals surface area contributed by atoms with Gasteiger partial charge in [0, 0.05) is 22.4 Å². The van der Waals surface area contributed by atoms with Gasteiger partial charge in [-0.15, -0.1) is 0 Å². The minimum atomic E-state index is -0.521. The highest BCUT2D eigenvalue weighted by atomic mass is 35.5. The van der Waals surface area contributed by atoms with E-state index in [1.807, 2.05) is 13.0 Å². The van der Waals surface area contributed by atoms with Crippen molar-refractivity contribution in [1.29, 1.82) is 5.26 Å². The summed E-state index contributed by atoms with van der Waals surface area (Å²) in [6.45, 7) is 4.09. The number of nitriles is 1. The van der Waals surface area contributed by atoms with Gasteiger partial charge in [0.15, 0.2) is 0 Å². The van der Waals surface area contributed by atoms with Crippen molar-refractivity contribution >= 4 is 17.5 Å². The normalized spacial score (nSPS) is 10.6. The molecule has 0 aliphatic heterocycles. The van der Waals surface area contributed by atoms with Gasteiger partial charge in [0.25, 0.3) is 0 Å². The Morgan fingerprint density at radius 1 is 1.30 bits per heavy atom. The van der Waals surface area contributed by atoms with Crippen LogP contribution >= 0.6 is 11.6 Å². The lowest BCUT2D eigenvalue weighted by Gasteiger charge is -2.08. The Morgan fingerprint density at radius 2 is 1.96 bits per heavy atom. The number of rotatable bonds is 4. The molecule has 0 bridgehead atoms. The fraction of sp³-hybridized carbons (Fsp3) is 0.150. The summed E-state index contributed by atoms with van der Waals surface area (Å²) in [6, 6.07) is 11.4. The third-order valence-corrected chi connectivity index (χ3v) is 4.71. The van der Waals surface area contributed by atoms with E-state index >= 15 is 0 Å². The summed E-state index contributed by atoms with van der Waals surface area (Å²) >= 11 is 6.08. The molecule has 0 unspecified atom stereocenters. The lowest BCUT2D eigenvalue weighted by Crippen LogP contribution is -2.11. The largest absolute Gasteiger partial charge is 0.366 e. The quantitative estimate of drug-likeness (QED) is 0.740. The van der Waals surface area contributed by atoms with Crippen LogP contribution in [-0.4, -0.2) is 15.7 Å². The number of carbonyl (C=O) groups is 1. The number of nitrogens with two attached hydrogens (primary N) is 1. The van der Waals surface area contributed by atoms with E-state index in [0.717, 1.165) is 17.3 Å². The number of nitrogens with zero attached hydrogens (tertiary/aromatic N) is 3. The second-order valence-electron chi connectivity index (χ2n) is 6.19. The Balaban J connectivity index is 1.99. The molecule has 1 heterocycles. The van der Waals surface area contributed by atoms with Crippen LogP contribution in [0.3, 0.4) is 0 Å². The maximum atomic E-state index is 14.5. The minimum absolute atomic E-state index is 0.0927. The maximum Gasteiger partial charge on any atom is 0.248 e. The molecule has 5 nitrogen and oxygen atoms in total. The molecular weight excluding hydrogens is 367 g/mol. The molecule has 0 saturated heterocycles. The first kappa shape index (κ1) is 18.6. The number of benzene rings is 2. The average Bonchev–Trinajstić information content (AvgIpc) is 2.90. The van der Waals surface area contributed by atoms with Gasteiger partial charge in [0.2, 0.25) is 5.91 Å². The lowest BCUT2D eigenvalue weighted by atomic mass is 10.0. The molecule has 0 fully saturated rings. The molecule has 2 aromatic carbocycles. The summed E-state index contributed by atoms with van der Waals surface area (Å²) in [6.07, 6.45) is 0. The highest BCUT2D eigenvalue weighted by Gasteiger charge is 2.19. The van der Waals surface area contributed by atoms with Gasteiger partial charge < -0.3 is 5.73 Å². The van der Waals surface area contributed by atoms with Crippen molar-refractivity contribution < 1.29 is 9.18 Å². The van der Waals surface area contributed by atoms with Crippen LogP contribution in [0.4, 0.5) is 4.39 Å². The summed E-state index contributed by atoms with van der Waals surface area (Å²) in [7, 11) is 0. The van der Waals surface area contributed by atoms with Gasteiger partial charge in [-0.3, -0.25) is 9.48 Å². The molecule has 136 valence electrons. The van der Waals surface area contributed by atoms with Gasteiger partial charge >= 0.3 is 0 Å². The summed E-state index contributed by atoms with van der Waals surface area (Å²) in [5.74, 6) is -1.00. The molecule has 2 N–H and O–H groups in total. The predicted octanol–water partition coefficient (Wildman–Crippen LogP) is 3.98. The average molecular weight is 383 g/mol. The number of hydrogen-bond donors (Lipinski definition) is 1. The van der Waals surface area contributed by atoms with Gasteiger partial charge in [0.1, 0.15) is 11.9 Å². The van der Waals surface area contributed by atoms with Gasteiger partial charge in [-0.25, -0.2) is 4.39 Å². The van der Waals surface area contributed by atoms with Crippen molar-refractivity contribution in [3.8, 4) is 17.2 Å². The molecule has 3 aromatic rings. The van der Waals surface area contributed by atoms with E-state index < -0.39 is 11.7 Å². The van der Waals surface area contributed by atoms with Crippen LogP contribution in [0.25, 0.3) is 11.1 Å². The van der Waals surface area contributed by atoms with Crippen LogP contribution in [-0.2, 0) is 6.54 Å². The molecule has 0 saturated carbocycles. The highest BCUT2D eigenvalue weighted by Crippen LogP contribution is 2.33. The van der Waals surface area contributed by atoms with E-state index in [1.54, 1.807) is 35.9 Å². The highest BCUT2D eigenvalue weighted by molar-refractivity contribution is 6.32. The van der Waals surface area contributed by atoms with Crippen LogP contribution in [0.1, 0.15) is 32.9 Å². The first-order valence-corrected chi connectivity index (χ1v) is 8.52. The molecule has 1 aromatic heterocycles. The Labute approximate surface area is 160 Å². The third kappa shape index (κ3) is 3.55. The summed E-state index contributed by atoms with van der Waals surface area (Å²) in [5.41, 5.74) is 9.08. The van der Waals surface area contributed by atoms with E-state index in [1.165, 1.54) is 6.07 Å². The van der Waals surface area contributed by atoms with E-state index in [2.05, 4.69) is 5.10 Å². The van der Waals surface area contributed by atoms with Crippen molar-refractivity contribution in [2.24, 2.45) is 5.73 Å². The maximum absolute atomic E-state index is 14.5. The first-order valence-electron chi connectivity index (χ1n) is 8.14. The van der Waals surface area contributed by atoms with Gasteiger partial charge in [-0.1, -0.05) is 23.7 Å². The van der Waals surface area contributed by atoms with Crippen LogP contribution in [0.5, 0.6) is 0 Å². The lowest BCUT2D eigenvalue weighted by molar-refractivity contribution is 0.100. The third-order valence-electron chi connectivity index (χ3n) is 4.40. The zero-order valence-electron chi connectivity index (χ0n) is 14.8. The zero-order valence-corrected chi connectivity index (χ0v) is 15.5. The van der Waals surface area contributed by atoms with Gasteiger partial charge in [-0.05, 0) is 43.7 Å². The summed E-state index contributed by atoms with van der Waals surface area (Å²) in [5, 5.41) is 13.7. The molecule has 0 aliphatic carbocycles. The van der Waals surface area contributed by atoms with Gasteiger partial charge in [0.05, 0.1) is 22.8 Å². The Kier molecular flexibility index (Phi) is 4.98. The fourth-order valence-electron chi connectivity index (χ4n) is 3.01. The fourth-order valence-corrected chi connectivity index (χ4v) is 3.22. The summed E-state index contributed by atoms with van der Waals surface area (Å²) < 4.78 is 16.3. The number of primary amides is 1. The van der Waals surface area contributed by atoms with Crippen molar-refractivity contribution in [2.75, 3.05) is 0 Å². The van der Waals surface area contributed by atoms with E-state index in [4.69, 9.17) is 22.6 Å².